The predicted octanol–water partition coefficient (Wildman–Crippen LogP) is 1.92. The Balaban J connectivity index is 2.91. The third kappa shape index (κ3) is 4.65. The Kier molecular flexibility index (Phi) is 5.50. The molecule has 0 bridgehead atoms. The summed E-state index contributed by atoms with van der Waals surface area (Å²) in [5.74, 6) is -1.15. The van der Waals surface area contributed by atoms with Gasteiger partial charge in [-0.25, -0.2) is 8.42 Å². The van der Waals surface area contributed by atoms with Crippen LogP contribution < -0.4 is 4.72 Å². The molecular weight excluding hydrogens is 266 g/mol. The molecule has 0 aliphatic carbocycles. The number of sulfonamides is 1. The standard InChI is InChI=1S/C13H19NO4S/c1-3-4-8-12(13(15)16)14-19(17,18)11-7-5-6-10(2)9-11/h5-7,9,12,14H,3-4,8H2,1-2H3,(H,15,16)/t12-/m0/s1. The molecule has 1 rings (SSSR count). The summed E-state index contributed by atoms with van der Waals surface area (Å²) in [7, 11) is -3.79. The lowest BCUT2D eigenvalue weighted by Crippen LogP contribution is -2.40. The van der Waals surface area contributed by atoms with E-state index >= 15 is 0 Å². The van der Waals surface area contributed by atoms with Crippen molar-refractivity contribution in [3.05, 3.63) is 29.8 Å². The second-order valence-electron chi connectivity index (χ2n) is 4.47. The van der Waals surface area contributed by atoms with Crippen molar-refractivity contribution in [2.24, 2.45) is 0 Å². The van der Waals surface area contributed by atoms with Gasteiger partial charge in [0.05, 0.1) is 4.90 Å². The van der Waals surface area contributed by atoms with Crippen molar-refractivity contribution in [1.29, 1.82) is 0 Å². The van der Waals surface area contributed by atoms with Crippen molar-refractivity contribution >= 4 is 16.0 Å². The molecule has 5 nitrogen and oxygen atoms in total. The number of aliphatic carboxylic acids is 1. The number of rotatable bonds is 7. The minimum Gasteiger partial charge on any atom is -0.480 e. The molecule has 0 spiro atoms. The molecule has 0 aliphatic heterocycles. The molecule has 0 saturated carbocycles. The van der Waals surface area contributed by atoms with E-state index in [9.17, 15) is 13.2 Å². The maximum absolute atomic E-state index is 12.1. The largest absolute Gasteiger partial charge is 0.480 e. The lowest BCUT2D eigenvalue weighted by atomic mass is 10.1. The molecule has 0 saturated heterocycles. The van der Waals surface area contributed by atoms with E-state index in [1.807, 2.05) is 6.92 Å². The average molecular weight is 285 g/mol. The second-order valence-corrected chi connectivity index (χ2v) is 6.18. The number of nitrogens with one attached hydrogen (secondary N) is 1. The molecular formula is C13H19NO4S. The first-order valence-corrected chi connectivity index (χ1v) is 7.67. The Morgan fingerprint density at radius 1 is 1.42 bits per heavy atom. The quantitative estimate of drug-likeness (QED) is 0.801. The summed E-state index contributed by atoms with van der Waals surface area (Å²) in [6, 6.07) is 5.30. The summed E-state index contributed by atoms with van der Waals surface area (Å²) >= 11 is 0. The van der Waals surface area contributed by atoms with Crippen molar-refractivity contribution in [3.8, 4) is 0 Å². The van der Waals surface area contributed by atoms with Gasteiger partial charge in [0, 0.05) is 0 Å². The molecule has 6 heteroatoms. The number of unbranched alkanes of at least 4 members (excludes halogenated alkanes) is 1. The molecule has 0 amide bonds. The van der Waals surface area contributed by atoms with Gasteiger partial charge in [0.2, 0.25) is 10.0 Å². The summed E-state index contributed by atoms with van der Waals surface area (Å²) < 4.78 is 26.4. The zero-order valence-corrected chi connectivity index (χ0v) is 11.9. The third-order valence-corrected chi connectivity index (χ3v) is 4.21. The number of carboxylic acid groups (broad SMARTS) is 1. The van der Waals surface area contributed by atoms with Crippen LogP contribution in [0.15, 0.2) is 29.2 Å². The molecule has 0 fully saturated rings. The maximum Gasteiger partial charge on any atom is 0.321 e. The fourth-order valence-electron chi connectivity index (χ4n) is 1.68. The number of aryl methyl sites for hydroxylation is 1. The number of carbonyl (C=O) groups is 1. The van der Waals surface area contributed by atoms with Crippen LogP contribution in [-0.2, 0) is 14.8 Å². The summed E-state index contributed by atoms with van der Waals surface area (Å²) in [4.78, 5) is 11.1. The minimum absolute atomic E-state index is 0.0928. The van der Waals surface area contributed by atoms with Gasteiger partial charge in [0.1, 0.15) is 6.04 Å². The topological polar surface area (TPSA) is 83.5 Å². The van der Waals surface area contributed by atoms with Crippen molar-refractivity contribution < 1.29 is 18.3 Å². The predicted molar refractivity (Wildman–Crippen MR) is 72.4 cm³/mol. The van der Waals surface area contributed by atoms with Gasteiger partial charge in [-0.2, -0.15) is 4.72 Å². The first kappa shape index (κ1) is 15.7. The summed E-state index contributed by atoms with van der Waals surface area (Å²) in [6.45, 7) is 3.71. The zero-order chi connectivity index (χ0) is 14.5. The highest BCUT2D eigenvalue weighted by Crippen LogP contribution is 2.12. The van der Waals surface area contributed by atoms with Crippen LogP contribution in [0.1, 0.15) is 31.7 Å². The van der Waals surface area contributed by atoms with Crippen molar-refractivity contribution in [2.45, 2.75) is 44.0 Å². The first-order valence-electron chi connectivity index (χ1n) is 6.18. The molecule has 0 unspecified atom stereocenters. The Morgan fingerprint density at radius 3 is 2.63 bits per heavy atom. The molecule has 0 heterocycles. The van der Waals surface area contributed by atoms with Gasteiger partial charge in [0.15, 0.2) is 0 Å². The number of carboxylic acids is 1. The van der Waals surface area contributed by atoms with Gasteiger partial charge in [-0.3, -0.25) is 4.79 Å². The molecule has 19 heavy (non-hydrogen) atoms. The second kappa shape index (κ2) is 6.68. The molecule has 1 atom stereocenters. The highest BCUT2D eigenvalue weighted by Gasteiger charge is 2.24. The SMILES string of the molecule is CCCC[C@H](NS(=O)(=O)c1cccc(C)c1)C(=O)O. The van der Waals surface area contributed by atoms with E-state index in [-0.39, 0.29) is 11.3 Å². The lowest BCUT2D eigenvalue weighted by Gasteiger charge is -2.14. The highest BCUT2D eigenvalue weighted by atomic mass is 32.2. The zero-order valence-electron chi connectivity index (χ0n) is 11.1. The fraction of sp³-hybridized carbons (Fsp3) is 0.462. The highest BCUT2D eigenvalue weighted by molar-refractivity contribution is 7.89. The van der Waals surface area contributed by atoms with Crippen LogP contribution in [0, 0.1) is 6.92 Å². The maximum atomic E-state index is 12.1. The Morgan fingerprint density at radius 2 is 2.11 bits per heavy atom. The van der Waals surface area contributed by atoms with Crippen LogP contribution in [0.5, 0.6) is 0 Å². The fourth-order valence-corrected chi connectivity index (χ4v) is 3.01. The van der Waals surface area contributed by atoms with Gasteiger partial charge in [-0.1, -0.05) is 31.9 Å². The van der Waals surface area contributed by atoms with E-state index in [1.165, 1.54) is 12.1 Å². The lowest BCUT2D eigenvalue weighted by molar-refractivity contribution is -0.139. The Hall–Kier alpha value is -1.40. The van der Waals surface area contributed by atoms with Gasteiger partial charge in [-0.05, 0) is 31.0 Å². The summed E-state index contributed by atoms with van der Waals surface area (Å²) in [5.41, 5.74) is 0.809. The van der Waals surface area contributed by atoms with Gasteiger partial charge >= 0.3 is 5.97 Å². The molecule has 1 aromatic carbocycles. The average Bonchev–Trinajstić information content (AvgIpc) is 2.34. The van der Waals surface area contributed by atoms with E-state index in [0.29, 0.717) is 6.42 Å². The first-order chi connectivity index (χ1) is 8.86. The number of benzene rings is 1. The summed E-state index contributed by atoms with van der Waals surface area (Å²) in [5, 5.41) is 9.04. The van der Waals surface area contributed by atoms with Crippen LogP contribution in [0.4, 0.5) is 0 Å². The third-order valence-electron chi connectivity index (χ3n) is 2.74. The van der Waals surface area contributed by atoms with Gasteiger partial charge in [-0.15, -0.1) is 0 Å². The molecule has 1 aromatic rings. The summed E-state index contributed by atoms with van der Waals surface area (Å²) in [6.07, 6.45) is 1.76. The smallest absolute Gasteiger partial charge is 0.321 e. The van der Waals surface area contributed by atoms with E-state index < -0.39 is 22.0 Å². The molecule has 0 aliphatic rings. The normalized spacial score (nSPS) is 13.2. The van der Waals surface area contributed by atoms with E-state index in [1.54, 1.807) is 19.1 Å². The van der Waals surface area contributed by atoms with Crippen LogP contribution in [-0.4, -0.2) is 25.5 Å². The number of hydrogen-bond donors (Lipinski definition) is 2. The molecule has 106 valence electrons. The molecule has 2 N–H and O–H groups in total. The monoisotopic (exact) mass is 285 g/mol. The number of hydrogen-bond acceptors (Lipinski definition) is 3. The van der Waals surface area contributed by atoms with Gasteiger partial charge in [0.25, 0.3) is 0 Å². The van der Waals surface area contributed by atoms with Crippen LogP contribution in [0.25, 0.3) is 0 Å². The van der Waals surface area contributed by atoms with Crippen molar-refractivity contribution in [2.75, 3.05) is 0 Å². The Labute approximate surface area is 113 Å². The molecule has 0 radical (unpaired) electrons. The van der Waals surface area contributed by atoms with E-state index in [0.717, 1.165) is 12.0 Å². The van der Waals surface area contributed by atoms with E-state index in [4.69, 9.17) is 5.11 Å². The van der Waals surface area contributed by atoms with Crippen LogP contribution in [0.3, 0.4) is 0 Å². The Bertz CT molecular complexity index is 539. The van der Waals surface area contributed by atoms with Crippen molar-refractivity contribution in [3.63, 3.8) is 0 Å². The van der Waals surface area contributed by atoms with Crippen LogP contribution in [0.2, 0.25) is 0 Å². The van der Waals surface area contributed by atoms with Crippen molar-refractivity contribution in [1.82, 2.24) is 4.72 Å². The minimum atomic E-state index is -3.79. The van der Waals surface area contributed by atoms with Gasteiger partial charge < -0.3 is 5.11 Å². The molecule has 0 aromatic heterocycles. The van der Waals surface area contributed by atoms with E-state index in [2.05, 4.69) is 4.72 Å². The van der Waals surface area contributed by atoms with Crippen LogP contribution >= 0.6 is 0 Å².